The third-order valence-electron chi connectivity index (χ3n) is 11.7. The minimum atomic E-state index is -2.44. The van der Waals surface area contributed by atoms with Gasteiger partial charge in [0, 0.05) is 27.7 Å². The molecule has 1 rings (SSSR count). The molecule has 0 saturated carbocycles. The number of ether oxygens (including phenoxy) is 3. The summed E-state index contributed by atoms with van der Waals surface area (Å²) in [7, 11) is 1.22. The fourth-order valence-electron chi connectivity index (χ4n) is 6.30. The van der Waals surface area contributed by atoms with Gasteiger partial charge in [-0.15, -0.1) is 0 Å². The number of nitrogens with zero attached hydrogens (tertiary/aromatic N) is 3. The van der Waals surface area contributed by atoms with E-state index in [0.717, 1.165) is 0 Å². The maximum atomic E-state index is 14.9. The van der Waals surface area contributed by atoms with Crippen LogP contribution in [0.2, 0.25) is 36.3 Å². The first-order chi connectivity index (χ1) is 23.4. The molecule has 0 unspecified atom stereocenters. The van der Waals surface area contributed by atoms with Crippen molar-refractivity contribution in [2.75, 3.05) is 41.7 Å². The Bertz CT molecular complexity index is 1240. The molecule has 0 N–H and O–H groups in total. The van der Waals surface area contributed by atoms with Crippen LogP contribution in [0, 0.1) is 17.8 Å². The molecular weight excluding hydrogens is 699 g/mol. The van der Waals surface area contributed by atoms with E-state index in [1.807, 2.05) is 41.5 Å². The van der Waals surface area contributed by atoms with Gasteiger partial charge in [0.1, 0.15) is 30.6 Å². The third-order valence-corrected chi connectivity index (χ3v) is 20.6. The molecule has 0 aromatic heterocycles. The van der Waals surface area contributed by atoms with Crippen molar-refractivity contribution in [1.82, 2.24) is 14.7 Å². The molecule has 0 radical (unpaired) electrons. The number of methoxy groups -OCH3 is 2. The normalized spacial score (nSPS) is 22.1. The van der Waals surface area contributed by atoms with E-state index in [1.54, 1.807) is 21.0 Å². The Morgan fingerprint density at radius 2 is 1.23 bits per heavy atom. The predicted molar refractivity (Wildman–Crippen MR) is 211 cm³/mol. The molecule has 3 amide bonds. The van der Waals surface area contributed by atoms with Crippen molar-refractivity contribution in [3.8, 4) is 0 Å². The first-order valence-electron chi connectivity index (χ1n) is 18.8. The van der Waals surface area contributed by atoms with Gasteiger partial charge in [-0.05, 0) is 60.9 Å². The van der Waals surface area contributed by atoms with Crippen molar-refractivity contribution in [2.24, 2.45) is 17.8 Å². The van der Waals surface area contributed by atoms with Crippen LogP contribution in [-0.2, 0) is 42.2 Å². The van der Waals surface area contributed by atoms with Crippen molar-refractivity contribution >= 4 is 40.3 Å². The summed E-state index contributed by atoms with van der Waals surface area (Å²) < 4.78 is 30.3. The largest absolute Gasteiger partial charge is 0.467 e. The van der Waals surface area contributed by atoms with Crippen LogP contribution in [0.25, 0.3) is 0 Å². The number of hydrogen-bond acceptors (Lipinski definition) is 9. The van der Waals surface area contributed by atoms with E-state index in [-0.39, 0.29) is 53.0 Å². The van der Waals surface area contributed by atoms with Gasteiger partial charge >= 0.3 is 5.97 Å². The lowest BCUT2D eigenvalue weighted by atomic mass is 9.93. The molecule has 6 atom stereocenters. The second kappa shape index (κ2) is 17.7. The summed E-state index contributed by atoms with van der Waals surface area (Å²) in [6.07, 6.45) is -1.42. The zero-order chi connectivity index (χ0) is 41.1. The van der Waals surface area contributed by atoms with E-state index in [1.165, 1.54) is 28.9 Å². The number of amides is 3. The molecule has 52 heavy (non-hydrogen) atoms. The first kappa shape index (κ1) is 48.2. The quantitative estimate of drug-likeness (QED) is 0.103. The summed E-state index contributed by atoms with van der Waals surface area (Å²) in [5, 5.41) is -0.283. The first-order valence-corrected chi connectivity index (χ1v) is 24.6. The van der Waals surface area contributed by atoms with Gasteiger partial charge in [0.2, 0.25) is 11.8 Å². The molecule has 0 aromatic rings. The van der Waals surface area contributed by atoms with Crippen molar-refractivity contribution in [2.45, 2.75) is 162 Å². The zero-order valence-electron chi connectivity index (χ0n) is 36.5. The molecular formula is C38H75N3O9Si2. The van der Waals surface area contributed by atoms with Crippen molar-refractivity contribution in [3.63, 3.8) is 0 Å². The SMILES string of the molecule is COCO[C@]1(C)[C@H](O[Si](C)(C)C(C)(C)C)CN(C(=O)[C@H](C(C)C)N(C)C(=O)[C@H](C(C)C)N(C)C(=O)[C@H](O[Si](C)(C)C(C)(C)C)C(C)C)[C@@H]1C(=O)OC. The Balaban J connectivity index is 3.71. The molecule has 1 saturated heterocycles. The Kier molecular flexibility index (Phi) is 16.4. The third kappa shape index (κ3) is 10.5. The number of likely N-dealkylation sites (tertiary alicyclic amines) is 1. The van der Waals surface area contributed by atoms with E-state index in [4.69, 9.17) is 23.1 Å². The molecule has 1 heterocycles. The standard InChI is InChI=1S/C38H75N3O9Si2/c1-24(2)28(40(15)34(44)30(26(5)6)50-52(20,21)37(10,11)12)32(42)39(14)29(25(3)4)33(43)41-22-27(49-51(18,19)36(7,8)9)38(13,48-23-46-16)31(41)35(45)47-17/h24-31H,22-23H2,1-21H3/t27-,28+,29+,30-,31-,38-/m1/s1. The van der Waals surface area contributed by atoms with E-state index in [0.29, 0.717) is 0 Å². The second-order valence-corrected chi connectivity index (χ2v) is 28.3. The lowest BCUT2D eigenvalue weighted by Crippen LogP contribution is -2.62. The maximum absolute atomic E-state index is 14.9. The number of likely N-dealkylation sites (N-methyl/N-ethyl adjacent to an activating group) is 2. The van der Waals surface area contributed by atoms with Crippen molar-refractivity contribution in [3.05, 3.63) is 0 Å². The molecule has 1 fully saturated rings. The summed E-state index contributed by atoms with van der Waals surface area (Å²) in [6.45, 7) is 34.2. The van der Waals surface area contributed by atoms with E-state index >= 15 is 0 Å². The van der Waals surface area contributed by atoms with Crippen LogP contribution in [0.15, 0.2) is 0 Å². The van der Waals surface area contributed by atoms with Crippen LogP contribution in [-0.4, -0.2) is 133 Å². The van der Waals surface area contributed by atoms with Gasteiger partial charge in [0.25, 0.3) is 5.91 Å². The minimum Gasteiger partial charge on any atom is -0.467 e. The van der Waals surface area contributed by atoms with Gasteiger partial charge in [0.05, 0.1) is 13.2 Å². The van der Waals surface area contributed by atoms with Gasteiger partial charge in [-0.3, -0.25) is 14.4 Å². The second-order valence-electron chi connectivity index (χ2n) is 18.8. The van der Waals surface area contributed by atoms with Crippen LogP contribution >= 0.6 is 0 Å². The molecule has 0 spiro atoms. The van der Waals surface area contributed by atoms with E-state index < -0.39 is 64.4 Å². The average molecular weight is 774 g/mol. The summed E-state index contributed by atoms with van der Waals surface area (Å²) in [6, 6.07) is -3.04. The molecule has 0 aliphatic carbocycles. The Morgan fingerprint density at radius 1 is 0.769 bits per heavy atom. The maximum Gasteiger partial charge on any atom is 0.331 e. The van der Waals surface area contributed by atoms with Crippen molar-refractivity contribution < 1.29 is 42.2 Å². The molecule has 304 valence electrons. The number of carbonyl (C=O) groups excluding carboxylic acids is 4. The number of esters is 1. The summed E-state index contributed by atoms with van der Waals surface area (Å²) >= 11 is 0. The molecule has 14 heteroatoms. The highest BCUT2D eigenvalue weighted by atomic mass is 28.4. The van der Waals surface area contributed by atoms with Gasteiger partial charge < -0.3 is 37.8 Å². The fraction of sp³-hybridized carbons (Fsp3) is 0.895. The van der Waals surface area contributed by atoms with Crippen LogP contribution in [0.3, 0.4) is 0 Å². The molecule has 0 bridgehead atoms. The van der Waals surface area contributed by atoms with Gasteiger partial charge in [-0.1, -0.05) is 83.1 Å². The Morgan fingerprint density at radius 3 is 1.62 bits per heavy atom. The number of rotatable bonds is 16. The molecule has 0 aromatic carbocycles. The number of carbonyl (C=O) groups is 4. The molecule has 1 aliphatic heterocycles. The summed E-state index contributed by atoms with van der Waals surface area (Å²) in [5.74, 6) is -2.51. The van der Waals surface area contributed by atoms with Gasteiger partial charge in [-0.25, -0.2) is 4.79 Å². The van der Waals surface area contributed by atoms with Crippen LogP contribution in [0.1, 0.15) is 90.0 Å². The number of hydrogen-bond donors (Lipinski definition) is 0. The average Bonchev–Trinajstić information content (AvgIpc) is 3.27. The minimum absolute atomic E-state index is 0.0451. The summed E-state index contributed by atoms with van der Waals surface area (Å²) in [5.41, 5.74) is -1.32. The monoisotopic (exact) mass is 774 g/mol. The smallest absolute Gasteiger partial charge is 0.331 e. The van der Waals surface area contributed by atoms with Crippen LogP contribution in [0.5, 0.6) is 0 Å². The Labute approximate surface area is 318 Å². The molecule has 12 nitrogen and oxygen atoms in total. The van der Waals surface area contributed by atoms with Crippen LogP contribution < -0.4 is 0 Å². The summed E-state index contributed by atoms with van der Waals surface area (Å²) in [4.78, 5) is 61.7. The Hall–Kier alpha value is -1.85. The molecule has 1 aliphatic rings. The van der Waals surface area contributed by atoms with E-state index in [9.17, 15) is 19.2 Å². The highest BCUT2D eigenvalue weighted by molar-refractivity contribution is 6.74. The zero-order valence-corrected chi connectivity index (χ0v) is 38.5. The van der Waals surface area contributed by atoms with E-state index in [2.05, 4.69) is 67.7 Å². The highest BCUT2D eigenvalue weighted by Crippen LogP contribution is 2.43. The fourth-order valence-corrected chi connectivity index (χ4v) is 9.04. The van der Waals surface area contributed by atoms with Gasteiger partial charge in [0.15, 0.2) is 22.7 Å². The highest BCUT2D eigenvalue weighted by Gasteiger charge is 2.61. The van der Waals surface area contributed by atoms with Crippen molar-refractivity contribution in [1.29, 1.82) is 0 Å². The van der Waals surface area contributed by atoms with Crippen LogP contribution in [0.4, 0.5) is 0 Å². The van der Waals surface area contributed by atoms with Gasteiger partial charge in [-0.2, -0.15) is 0 Å². The lowest BCUT2D eigenvalue weighted by Gasteiger charge is -2.43. The lowest BCUT2D eigenvalue weighted by molar-refractivity contribution is -0.183. The predicted octanol–water partition coefficient (Wildman–Crippen LogP) is 6.15. The topological polar surface area (TPSA) is 124 Å².